The number of benzene rings is 1. The van der Waals surface area contributed by atoms with Gasteiger partial charge in [-0.25, -0.2) is 0 Å². The molecule has 0 radical (unpaired) electrons. The second kappa shape index (κ2) is 3.31. The molecule has 0 aliphatic carbocycles. The van der Waals surface area contributed by atoms with Crippen LogP contribution in [0, 0.1) is 24.0 Å². The van der Waals surface area contributed by atoms with Gasteiger partial charge < -0.3 is 0 Å². The molecule has 0 spiro atoms. The number of nitrogens with zero attached hydrogens (tertiary/aromatic N) is 2. The fourth-order valence-corrected chi connectivity index (χ4v) is 1.63. The van der Waals surface area contributed by atoms with Gasteiger partial charge in [-0.3, -0.25) is 15.1 Å². The van der Waals surface area contributed by atoms with Crippen LogP contribution in [0.2, 0.25) is 0 Å². The Morgan fingerprint density at radius 3 is 2.67 bits per heavy atom. The lowest BCUT2D eigenvalue weighted by atomic mass is 10.1. The van der Waals surface area contributed by atoms with Crippen molar-refractivity contribution in [1.82, 2.24) is 4.98 Å². The van der Waals surface area contributed by atoms with E-state index in [1.165, 1.54) is 0 Å². The average Bonchev–Trinajstić information content (AvgIpc) is 2.16. The molecule has 1 aromatic carbocycles. The van der Waals surface area contributed by atoms with E-state index in [4.69, 9.17) is 0 Å². The quantitative estimate of drug-likeness (QED) is 0.527. The first-order chi connectivity index (χ1) is 7.08. The van der Waals surface area contributed by atoms with Gasteiger partial charge in [0.25, 0.3) is 5.69 Å². The van der Waals surface area contributed by atoms with Gasteiger partial charge in [-0.05, 0) is 31.0 Å². The first-order valence-electron chi connectivity index (χ1n) is 4.59. The predicted molar refractivity (Wildman–Crippen MR) is 57.9 cm³/mol. The van der Waals surface area contributed by atoms with Gasteiger partial charge in [-0.1, -0.05) is 0 Å². The molecule has 4 heteroatoms. The molecule has 0 amide bonds. The molecular weight excluding hydrogens is 192 g/mol. The van der Waals surface area contributed by atoms with Crippen LogP contribution < -0.4 is 0 Å². The zero-order valence-electron chi connectivity index (χ0n) is 8.52. The van der Waals surface area contributed by atoms with Gasteiger partial charge in [0.15, 0.2) is 0 Å². The molecular formula is C11H10N2O2. The van der Waals surface area contributed by atoms with Crippen LogP contribution in [0.4, 0.5) is 5.69 Å². The first kappa shape index (κ1) is 9.58. The number of aryl methyl sites for hydroxylation is 2. The Labute approximate surface area is 86.7 Å². The van der Waals surface area contributed by atoms with Gasteiger partial charge >= 0.3 is 0 Å². The van der Waals surface area contributed by atoms with E-state index in [1.54, 1.807) is 18.3 Å². The van der Waals surface area contributed by atoms with Gasteiger partial charge in [0.1, 0.15) is 0 Å². The summed E-state index contributed by atoms with van der Waals surface area (Å²) in [5.74, 6) is 0. The molecule has 0 aliphatic heterocycles. The van der Waals surface area contributed by atoms with E-state index >= 15 is 0 Å². The lowest BCUT2D eigenvalue weighted by molar-refractivity contribution is -0.384. The molecule has 0 atom stereocenters. The predicted octanol–water partition coefficient (Wildman–Crippen LogP) is 2.76. The number of hydrogen-bond donors (Lipinski definition) is 0. The van der Waals surface area contributed by atoms with Crippen LogP contribution >= 0.6 is 0 Å². The third-order valence-corrected chi connectivity index (χ3v) is 2.31. The molecule has 0 aliphatic rings. The summed E-state index contributed by atoms with van der Waals surface area (Å²) in [5.41, 5.74) is 2.78. The van der Waals surface area contributed by atoms with Gasteiger partial charge in [0, 0.05) is 23.7 Å². The molecule has 4 nitrogen and oxygen atoms in total. The van der Waals surface area contributed by atoms with Crippen molar-refractivity contribution in [3.8, 4) is 0 Å². The van der Waals surface area contributed by atoms with Crippen LogP contribution in [0.25, 0.3) is 10.9 Å². The minimum Gasteiger partial charge on any atom is -0.258 e. The van der Waals surface area contributed by atoms with Crippen molar-refractivity contribution in [2.24, 2.45) is 0 Å². The van der Waals surface area contributed by atoms with Crippen LogP contribution in [0.5, 0.6) is 0 Å². The number of fused-ring (bicyclic) bond motifs is 1. The maximum Gasteiger partial charge on any atom is 0.270 e. The van der Waals surface area contributed by atoms with Crippen LogP contribution in [0.1, 0.15) is 11.1 Å². The standard InChI is InChI=1S/C11H10N2O2/c1-7-3-9-5-10(13(14)15)4-8(2)11(9)12-6-7/h3-6H,1-2H3. The molecule has 76 valence electrons. The van der Waals surface area contributed by atoms with Gasteiger partial charge in [0.05, 0.1) is 10.4 Å². The summed E-state index contributed by atoms with van der Waals surface area (Å²) in [5, 5.41) is 11.5. The Morgan fingerprint density at radius 1 is 1.27 bits per heavy atom. The lowest BCUT2D eigenvalue weighted by Crippen LogP contribution is -1.91. The zero-order chi connectivity index (χ0) is 11.0. The summed E-state index contributed by atoms with van der Waals surface area (Å²) < 4.78 is 0. The number of nitro groups is 1. The Kier molecular flexibility index (Phi) is 2.11. The van der Waals surface area contributed by atoms with E-state index in [9.17, 15) is 10.1 Å². The minimum absolute atomic E-state index is 0.118. The van der Waals surface area contributed by atoms with E-state index in [0.717, 1.165) is 22.0 Å². The second-order valence-electron chi connectivity index (χ2n) is 3.60. The zero-order valence-corrected chi connectivity index (χ0v) is 8.52. The number of non-ortho nitro benzene ring substituents is 1. The third-order valence-electron chi connectivity index (χ3n) is 2.31. The summed E-state index contributed by atoms with van der Waals surface area (Å²) in [6.07, 6.45) is 1.77. The van der Waals surface area contributed by atoms with Crippen molar-refractivity contribution in [3.05, 3.63) is 45.6 Å². The molecule has 0 saturated carbocycles. The second-order valence-corrected chi connectivity index (χ2v) is 3.60. The van der Waals surface area contributed by atoms with E-state index in [2.05, 4.69) is 4.98 Å². The summed E-state index contributed by atoms with van der Waals surface area (Å²) in [6.45, 7) is 3.75. The minimum atomic E-state index is -0.380. The maximum absolute atomic E-state index is 10.7. The van der Waals surface area contributed by atoms with Crippen molar-refractivity contribution in [2.75, 3.05) is 0 Å². The SMILES string of the molecule is Cc1cnc2c(C)cc([N+](=O)[O-])cc2c1. The Bertz CT molecular complexity index is 550. The number of nitro benzene ring substituents is 1. The molecule has 2 rings (SSSR count). The highest BCUT2D eigenvalue weighted by molar-refractivity contribution is 5.84. The smallest absolute Gasteiger partial charge is 0.258 e. The Morgan fingerprint density at radius 2 is 2.00 bits per heavy atom. The summed E-state index contributed by atoms with van der Waals surface area (Å²) >= 11 is 0. The maximum atomic E-state index is 10.7. The highest BCUT2D eigenvalue weighted by Crippen LogP contribution is 2.23. The molecule has 1 aromatic heterocycles. The number of pyridine rings is 1. The van der Waals surface area contributed by atoms with Crippen LogP contribution in [-0.2, 0) is 0 Å². The summed E-state index contributed by atoms with van der Waals surface area (Å²) in [7, 11) is 0. The normalized spacial score (nSPS) is 10.5. The molecule has 0 N–H and O–H groups in total. The summed E-state index contributed by atoms with van der Waals surface area (Å²) in [4.78, 5) is 14.5. The first-order valence-corrected chi connectivity index (χ1v) is 4.59. The highest BCUT2D eigenvalue weighted by atomic mass is 16.6. The molecule has 0 bridgehead atoms. The number of aromatic nitrogens is 1. The Hall–Kier alpha value is -1.97. The van der Waals surface area contributed by atoms with Crippen molar-refractivity contribution in [1.29, 1.82) is 0 Å². The van der Waals surface area contributed by atoms with Gasteiger partial charge in [0.2, 0.25) is 0 Å². The van der Waals surface area contributed by atoms with Crippen molar-refractivity contribution < 1.29 is 4.92 Å². The molecule has 15 heavy (non-hydrogen) atoms. The van der Waals surface area contributed by atoms with Crippen molar-refractivity contribution >= 4 is 16.6 Å². The van der Waals surface area contributed by atoms with E-state index in [-0.39, 0.29) is 10.6 Å². The summed E-state index contributed by atoms with van der Waals surface area (Å²) in [6, 6.07) is 5.01. The molecule has 2 aromatic rings. The molecule has 1 heterocycles. The van der Waals surface area contributed by atoms with Gasteiger partial charge in [-0.15, -0.1) is 0 Å². The van der Waals surface area contributed by atoms with Crippen LogP contribution in [0.15, 0.2) is 24.4 Å². The van der Waals surface area contributed by atoms with E-state index in [0.29, 0.717) is 0 Å². The molecule has 0 unspecified atom stereocenters. The number of rotatable bonds is 1. The lowest BCUT2D eigenvalue weighted by Gasteiger charge is -2.02. The molecule has 0 saturated heterocycles. The Balaban J connectivity index is 2.79. The van der Waals surface area contributed by atoms with E-state index in [1.807, 2.05) is 19.9 Å². The van der Waals surface area contributed by atoms with Crippen molar-refractivity contribution in [2.45, 2.75) is 13.8 Å². The van der Waals surface area contributed by atoms with Crippen LogP contribution in [0.3, 0.4) is 0 Å². The third kappa shape index (κ3) is 1.66. The molecule has 0 fully saturated rings. The topological polar surface area (TPSA) is 56.0 Å². The largest absolute Gasteiger partial charge is 0.270 e. The fourth-order valence-electron chi connectivity index (χ4n) is 1.63. The van der Waals surface area contributed by atoms with Gasteiger partial charge in [-0.2, -0.15) is 0 Å². The monoisotopic (exact) mass is 202 g/mol. The number of hydrogen-bond acceptors (Lipinski definition) is 3. The fraction of sp³-hybridized carbons (Fsp3) is 0.182. The van der Waals surface area contributed by atoms with Crippen LogP contribution in [-0.4, -0.2) is 9.91 Å². The van der Waals surface area contributed by atoms with Crippen molar-refractivity contribution in [3.63, 3.8) is 0 Å². The average molecular weight is 202 g/mol. The van der Waals surface area contributed by atoms with E-state index < -0.39 is 0 Å². The highest BCUT2D eigenvalue weighted by Gasteiger charge is 2.09.